The minimum absolute atomic E-state index is 0.0590. The third kappa shape index (κ3) is 3.82. The van der Waals surface area contributed by atoms with Gasteiger partial charge in [0, 0.05) is 0 Å². The van der Waals surface area contributed by atoms with E-state index in [2.05, 4.69) is 21.7 Å². The van der Waals surface area contributed by atoms with Gasteiger partial charge in [0.2, 0.25) is 10.0 Å². The van der Waals surface area contributed by atoms with E-state index in [1.807, 2.05) is 0 Å². The monoisotopic (exact) mass is 375 g/mol. The number of benzene rings is 1. The molecule has 2 rings (SSSR count). The lowest BCUT2D eigenvalue weighted by atomic mass is 10.2. The molecule has 8 nitrogen and oxygen atoms in total. The third-order valence-corrected chi connectivity index (χ3v) is 4.57. The summed E-state index contributed by atoms with van der Waals surface area (Å²) in [6, 6.07) is 1.99. The maximum atomic E-state index is 14.2. The summed E-state index contributed by atoms with van der Waals surface area (Å²) >= 11 is 5.86. The van der Waals surface area contributed by atoms with E-state index < -0.39 is 21.5 Å². The van der Waals surface area contributed by atoms with Gasteiger partial charge in [-0.2, -0.15) is 9.36 Å². The highest BCUT2D eigenvalue weighted by Gasteiger charge is 2.18. The van der Waals surface area contributed by atoms with Crippen molar-refractivity contribution in [1.29, 1.82) is 0 Å². The Morgan fingerprint density at radius 2 is 2.08 bits per heavy atom. The maximum absolute atomic E-state index is 14.2. The van der Waals surface area contributed by atoms with E-state index in [0.717, 1.165) is 21.5 Å². The van der Waals surface area contributed by atoms with E-state index >= 15 is 0 Å². The number of aromatic nitrogens is 4. The molecule has 0 radical (unpaired) electrons. The molecule has 1 aromatic carbocycles. The normalized spacial score (nSPS) is 11.5. The lowest BCUT2D eigenvalue weighted by molar-refractivity contribution is 0.600. The number of halogens is 2. The average molecular weight is 376 g/mol. The van der Waals surface area contributed by atoms with Crippen molar-refractivity contribution in [3.63, 3.8) is 0 Å². The smallest absolute Gasteiger partial charge is 0.282 e. The highest BCUT2D eigenvalue weighted by molar-refractivity contribution is 7.92. The average Bonchev–Trinajstić information content (AvgIpc) is 2.82. The number of rotatable bonds is 6. The first-order valence-electron chi connectivity index (χ1n) is 6.81. The highest BCUT2D eigenvalue weighted by atomic mass is 35.5. The minimum atomic E-state index is -3.62. The van der Waals surface area contributed by atoms with Gasteiger partial charge in [-0.3, -0.25) is 4.72 Å². The zero-order chi connectivity index (χ0) is 18.1. The molecule has 0 saturated heterocycles. The Kier molecular flexibility index (Phi) is 5.09. The van der Waals surface area contributed by atoms with Crippen LogP contribution in [0.3, 0.4) is 0 Å². The number of nitrogens with one attached hydrogen (secondary N) is 1. The topological polar surface area (TPSA) is 98.9 Å². The van der Waals surface area contributed by atoms with Gasteiger partial charge < -0.3 is 0 Å². The first kappa shape index (κ1) is 18.1. The van der Waals surface area contributed by atoms with Crippen LogP contribution in [0, 0.1) is 5.82 Å². The van der Waals surface area contributed by atoms with Gasteiger partial charge in [0.25, 0.3) is 0 Å². The number of hydrogen-bond acceptors (Lipinski definition) is 5. The summed E-state index contributed by atoms with van der Waals surface area (Å²) in [6.07, 6.45) is 0. The van der Waals surface area contributed by atoms with E-state index in [9.17, 15) is 17.6 Å². The molecule has 0 aliphatic carbocycles. The molecule has 1 N–H and O–H groups in total. The Labute approximate surface area is 142 Å². The fourth-order valence-corrected chi connectivity index (χ4v) is 2.70. The molecule has 0 saturated carbocycles. The lowest BCUT2D eigenvalue weighted by Crippen LogP contribution is -2.25. The summed E-state index contributed by atoms with van der Waals surface area (Å²) in [5, 5.41) is 7.09. The van der Waals surface area contributed by atoms with Crippen LogP contribution < -0.4 is 10.4 Å². The summed E-state index contributed by atoms with van der Waals surface area (Å²) in [7, 11) is -3.62. The van der Waals surface area contributed by atoms with Gasteiger partial charge in [0.1, 0.15) is 5.69 Å². The first-order valence-corrected chi connectivity index (χ1v) is 8.84. The van der Waals surface area contributed by atoms with Crippen LogP contribution in [0.5, 0.6) is 0 Å². The Morgan fingerprint density at radius 1 is 1.42 bits per heavy atom. The molecule has 0 spiro atoms. The van der Waals surface area contributed by atoms with Gasteiger partial charge >= 0.3 is 5.69 Å². The maximum Gasteiger partial charge on any atom is 0.368 e. The van der Waals surface area contributed by atoms with Crippen molar-refractivity contribution in [2.75, 3.05) is 10.5 Å². The van der Waals surface area contributed by atoms with Crippen LogP contribution >= 0.6 is 11.6 Å². The van der Waals surface area contributed by atoms with Gasteiger partial charge in [-0.05, 0) is 36.4 Å². The minimum Gasteiger partial charge on any atom is -0.282 e. The standard InChI is InChI=1S/C13H15ClFN5O3S/c1-4-24(22,23)16-11-6-12(10(15)5-9(11)14)20-13(21)19(17-18-20)7-8(2)3/h5-6,16H,2,4,7H2,1,3H3. The second-order valence-corrected chi connectivity index (χ2v) is 7.50. The van der Waals surface area contributed by atoms with Crippen LogP contribution in [-0.4, -0.2) is 34.0 Å². The Balaban J connectivity index is 2.54. The van der Waals surface area contributed by atoms with Gasteiger partial charge in [-0.25, -0.2) is 17.6 Å². The number of anilines is 1. The highest BCUT2D eigenvalue weighted by Crippen LogP contribution is 2.27. The van der Waals surface area contributed by atoms with Crippen molar-refractivity contribution in [1.82, 2.24) is 19.8 Å². The molecule has 0 unspecified atom stereocenters. The molecular weight excluding hydrogens is 361 g/mol. The number of nitrogens with zero attached hydrogens (tertiary/aromatic N) is 4. The summed E-state index contributed by atoms with van der Waals surface area (Å²) in [4.78, 5) is 12.2. The number of allylic oxidation sites excluding steroid dienone is 1. The number of tetrazole rings is 1. The molecule has 1 heterocycles. The van der Waals surface area contributed by atoms with Crippen molar-refractivity contribution in [2.24, 2.45) is 0 Å². The fourth-order valence-electron chi connectivity index (χ4n) is 1.80. The fraction of sp³-hybridized carbons (Fsp3) is 0.308. The molecule has 0 bridgehead atoms. The molecule has 1 aromatic heterocycles. The molecule has 0 atom stereocenters. The molecule has 0 aliphatic rings. The van der Waals surface area contributed by atoms with Crippen molar-refractivity contribution in [2.45, 2.75) is 20.4 Å². The molecule has 0 amide bonds. The van der Waals surface area contributed by atoms with Gasteiger partial charge in [0.15, 0.2) is 5.82 Å². The van der Waals surface area contributed by atoms with Gasteiger partial charge in [-0.1, -0.05) is 23.8 Å². The second-order valence-electron chi connectivity index (χ2n) is 5.08. The zero-order valence-electron chi connectivity index (χ0n) is 13.0. The van der Waals surface area contributed by atoms with Gasteiger partial charge in [0.05, 0.1) is 23.0 Å². The van der Waals surface area contributed by atoms with E-state index in [-0.39, 0.29) is 28.7 Å². The van der Waals surface area contributed by atoms with E-state index in [1.54, 1.807) is 6.92 Å². The predicted molar refractivity (Wildman–Crippen MR) is 88.5 cm³/mol. The Hall–Kier alpha value is -2.20. The largest absolute Gasteiger partial charge is 0.368 e. The van der Waals surface area contributed by atoms with E-state index in [4.69, 9.17) is 11.6 Å². The van der Waals surface area contributed by atoms with E-state index in [1.165, 1.54) is 6.92 Å². The summed E-state index contributed by atoms with van der Waals surface area (Å²) in [5.41, 5.74) is -0.358. The van der Waals surface area contributed by atoms with Crippen molar-refractivity contribution in [3.05, 3.63) is 45.6 Å². The third-order valence-electron chi connectivity index (χ3n) is 2.97. The van der Waals surface area contributed by atoms with Crippen LogP contribution in [0.1, 0.15) is 13.8 Å². The molecule has 2 aromatic rings. The molecular formula is C13H15ClFN5O3S. The second kappa shape index (κ2) is 6.73. The van der Waals surface area contributed by atoms with Crippen LogP contribution in [0.15, 0.2) is 29.1 Å². The molecule has 24 heavy (non-hydrogen) atoms. The quantitative estimate of drug-likeness (QED) is 0.772. The number of hydrogen-bond donors (Lipinski definition) is 1. The molecule has 0 aliphatic heterocycles. The first-order chi connectivity index (χ1) is 11.1. The molecule has 0 fully saturated rings. The van der Waals surface area contributed by atoms with Crippen molar-refractivity contribution >= 4 is 27.3 Å². The summed E-state index contributed by atoms with van der Waals surface area (Å²) in [6.45, 7) is 6.93. The van der Waals surface area contributed by atoms with Gasteiger partial charge in [-0.15, -0.1) is 0 Å². The molecule has 11 heteroatoms. The Morgan fingerprint density at radius 3 is 2.67 bits per heavy atom. The summed E-state index contributed by atoms with van der Waals surface area (Å²) < 4.78 is 41.5. The molecule has 130 valence electrons. The Bertz CT molecular complexity index is 951. The van der Waals surface area contributed by atoms with E-state index in [0.29, 0.717) is 5.57 Å². The van der Waals surface area contributed by atoms with Crippen LogP contribution in [0.4, 0.5) is 10.1 Å². The zero-order valence-corrected chi connectivity index (χ0v) is 14.5. The SMILES string of the molecule is C=C(C)Cn1nnn(-c2cc(NS(=O)(=O)CC)c(Cl)cc2F)c1=O. The van der Waals surface area contributed by atoms with Crippen molar-refractivity contribution < 1.29 is 12.8 Å². The summed E-state index contributed by atoms with van der Waals surface area (Å²) in [5.74, 6) is -1.03. The van der Waals surface area contributed by atoms with Crippen LogP contribution in [0.2, 0.25) is 5.02 Å². The lowest BCUT2D eigenvalue weighted by Gasteiger charge is -2.10. The predicted octanol–water partition coefficient (Wildman–Crippen LogP) is 1.56. The number of sulfonamides is 1. The van der Waals surface area contributed by atoms with Crippen LogP contribution in [-0.2, 0) is 16.6 Å². The van der Waals surface area contributed by atoms with Crippen molar-refractivity contribution in [3.8, 4) is 5.69 Å². The van der Waals surface area contributed by atoms with Crippen LogP contribution in [0.25, 0.3) is 5.69 Å².